The molecule has 7 nitrogen and oxygen atoms in total. The summed E-state index contributed by atoms with van der Waals surface area (Å²) in [4.78, 5) is 28.0. The zero-order valence-corrected chi connectivity index (χ0v) is 16.9. The van der Waals surface area contributed by atoms with E-state index >= 15 is 0 Å². The van der Waals surface area contributed by atoms with Gasteiger partial charge >= 0.3 is 0 Å². The van der Waals surface area contributed by atoms with Gasteiger partial charge in [-0.2, -0.15) is 0 Å². The van der Waals surface area contributed by atoms with Gasteiger partial charge in [-0.25, -0.2) is 9.50 Å². The van der Waals surface area contributed by atoms with Crippen LogP contribution in [0.15, 0.2) is 53.3 Å². The fourth-order valence-corrected chi connectivity index (χ4v) is 3.86. The van der Waals surface area contributed by atoms with E-state index in [0.717, 1.165) is 29.7 Å². The molecule has 2 heterocycles. The van der Waals surface area contributed by atoms with Crippen molar-refractivity contribution >= 4 is 34.5 Å². The first kappa shape index (κ1) is 18.8. The minimum Gasteiger partial charge on any atom is -0.293 e. The Morgan fingerprint density at radius 1 is 1.03 bits per heavy atom. The molecule has 0 atom stereocenters. The van der Waals surface area contributed by atoms with Crippen molar-refractivity contribution in [1.29, 1.82) is 0 Å². The first-order valence-corrected chi connectivity index (χ1v) is 10.0. The van der Waals surface area contributed by atoms with Crippen molar-refractivity contribution in [1.82, 2.24) is 14.6 Å². The van der Waals surface area contributed by atoms with E-state index < -0.39 is 4.92 Å². The molecule has 1 saturated carbocycles. The predicted molar refractivity (Wildman–Crippen MR) is 115 cm³/mol. The molecule has 1 aliphatic rings. The molecule has 0 bridgehead atoms. The van der Waals surface area contributed by atoms with Crippen LogP contribution in [-0.4, -0.2) is 19.5 Å². The van der Waals surface area contributed by atoms with E-state index in [4.69, 9.17) is 28.2 Å². The SMILES string of the molecule is O=c1cc(-c2ccc([N+](=O)[O-])cc2)nc2c(-c3ccc(Cl)c(Cl)c3)c(C3CC3)[nH]n12. The van der Waals surface area contributed by atoms with Crippen LogP contribution in [-0.2, 0) is 0 Å². The number of nitrogens with zero attached hydrogens (tertiary/aromatic N) is 3. The van der Waals surface area contributed by atoms with Crippen LogP contribution in [0.2, 0.25) is 10.0 Å². The van der Waals surface area contributed by atoms with Gasteiger partial charge in [0.15, 0.2) is 5.65 Å². The van der Waals surface area contributed by atoms with Gasteiger partial charge in [-0.1, -0.05) is 29.3 Å². The highest BCUT2D eigenvalue weighted by molar-refractivity contribution is 6.42. The van der Waals surface area contributed by atoms with Crippen LogP contribution in [0.5, 0.6) is 0 Å². The maximum atomic E-state index is 12.8. The summed E-state index contributed by atoms with van der Waals surface area (Å²) in [6.07, 6.45) is 2.07. The van der Waals surface area contributed by atoms with Crippen molar-refractivity contribution < 1.29 is 4.92 Å². The Hall–Kier alpha value is -3.16. The van der Waals surface area contributed by atoms with Gasteiger partial charge < -0.3 is 0 Å². The van der Waals surface area contributed by atoms with Gasteiger partial charge in [0.05, 0.1) is 20.7 Å². The van der Waals surface area contributed by atoms with Crippen LogP contribution >= 0.6 is 23.2 Å². The topological polar surface area (TPSA) is 93.3 Å². The quantitative estimate of drug-likeness (QED) is 0.337. The van der Waals surface area contributed by atoms with Crippen molar-refractivity contribution in [3.63, 3.8) is 0 Å². The molecule has 1 aliphatic carbocycles. The fourth-order valence-electron chi connectivity index (χ4n) is 3.56. The van der Waals surface area contributed by atoms with Crippen molar-refractivity contribution in [3.8, 4) is 22.4 Å². The Bertz CT molecular complexity index is 1370. The standard InChI is InChI=1S/C21H14Cl2N4O3/c22-15-8-5-13(9-16(15)23)19-20(12-1-2-12)25-26-18(28)10-17(24-21(19)26)11-3-6-14(7-4-11)27(29)30/h3-10,12,25H,1-2H2. The Labute approximate surface area is 180 Å². The zero-order valence-electron chi connectivity index (χ0n) is 15.4. The molecule has 2 aromatic carbocycles. The lowest BCUT2D eigenvalue weighted by Crippen LogP contribution is -2.14. The van der Waals surface area contributed by atoms with E-state index in [1.807, 2.05) is 6.07 Å². The molecule has 2 aromatic heterocycles. The van der Waals surface area contributed by atoms with E-state index in [2.05, 4.69) is 5.10 Å². The molecule has 1 N–H and O–H groups in total. The average Bonchev–Trinajstić information content (AvgIpc) is 3.50. The highest BCUT2D eigenvalue weighted by Crippen LogP contribution is 2.45. The Morgan fingerprint density at radius 2 is 1.73 bits per heavy atom. The molecule has 30 heavy (non-hydrogen) atoms. The number of H-pyrrole nitrogens is 1. The third-order valence-corrected chi connectivity index (χ3v) is 5.95. The Morgan fingerprint density at radius 3 is 2.37 bits per heavy atom. The van der Waals surface area contributed by atoms with Crippen LogP contribution in [0.1, 0.15) is 24.5 Å². The molecule has 1 fully saturated rings. The predicted octanol–water partition coefficient (Wildman–Crippen LogP) is 5.45. The third kappa shape index (κ3) is 3.16. The normalized spacial score (nSPS) is 13.7. The summed E-state index contributed by atoms with van der Waals surface area (Å²) in [6, 6.07) is 12.7. The molecule has 0 spiro atoms. The number of benzene rings is 2. The number of hydrogen-bond donors (Lipinski definition) is 1. The lowest BCUT2D eigenvalue weighted by Gasteiger charge is -2.06. The third-order valence-electron chi connectivity index (χ3n) is 5.21. The number of halogens is 2. The van der Waals surface area contributed by atoms with Gasteiger partial charge in [0.2, 0.25) is 0 Å². The minimum absolute atomic E-state index is 0.0225. The fraction of sp³-hybridized carbons (Fsp3) is 0.143. The molecule has 0 saturated heterocycles. The number of nitrogens with one attached hydrogen (secondary N) is 1. The van der Waals surface area contributed by atoms with Crippen molar-refractivity contribution in [2.24, 2.45) is 0 Å². The van der Waals surface area contributed by atoms with Crippen LogP contribution < -0.4 is 5.56 Å². The lowest BCUT2D eigenvalue weighted by atomic mass is 10.0. The van der Waals surface area contributed by atoms with Gasteiger partial charge in [-0.05, 0) is 42.7 Å². The van der Waals surface area contributed by atoms with Gasteiger partial charge in [0, 0.05) is 40.9 Å². The number of nitro benzene ring substituents is 1. The zero-order chi connectivity index (χ0) is 21.0. The summed E-state index contributed by atoms with van der Waals surface area (Å²) in [5.41, 5.74) is 3.84. The molecule has 4 aromatic rings. The summed E-state index contributed by atoms with van der Waals surface area (Å²) < 4.78 is 1.43. The van der Waals surface area contributed by atoms with E-state index in [1.54, 1.807) is 24.3 Å². The maximum absolute atomic E-state index is 12.8. The molecule has 0 amide bonds. The molecule has 0 unspecified atom stereocenters. The van der Waals surface area contributed by atoms with Crippen LogP contribution in [0.25, 0.3) is 28.0 Å². The summed E-state index contributed by atoms with van der Waals surface area (Å²) >= 11 is 12.3. The summed E-state index contributed by atoms with van der Waals surface area (Å²) in [5.74, 6) is 0.332. The molecular weight excluding hydrogens is 427 g/mol. The van der Waals surface area contributed by atoms with Crippen LogP contribution in [0.4, 0.5) is 5.69 Å². The molecule has 9 heteroatoms. The number of hydrogen-bond acceptors (Lipinski definition) is 4. The van der Waals surface area contributed by atoms with E-state index in [-0.39, 0.29) is 11.2 Å². The van der Waals surface area contributed by atoms with Crippen LogP contribution in [0, 0.1) is 10.1 Å². The molecule has 0 radical (unpaired) electrons. The minimum atomic E-state index is -0.467. The summed E-state index contributed by atoms with van der Waals surface area (Å²) in [6.45, 7) is 0. The Balaban J connectivity index is 1.74. The maximum Gasteiger partial charge on any atom is 0.273 e. The first-order chi connectivity index (χ1) is 14.4. The van der Waals surface area contributed by atoms with Crippen molar-refractivity contribution in [2.75, 3.05) is 0 Å². The summed E-state index contributed by atoms with van der Waals surface area (Å²) in [7, 11) is 0. The van der Waals surface area contributed by atoms with Gasteiger partial charge in [0.25, 0.3) is 11.2 Å². The number of aromatic amines is 1. The second-order valence-electron chi connectivity index (χ2n) is 7.25. The van der Waals surface area contributed by atoms with Gasteiger partial charge in [-0.15, -0.1) is 0 Å². The number of non-ortho nitro benzene ring substituents is 1. The number of rotatable bonds is 4. The van der Waals surface area contributed by atoms with Crippen molar-refractivity contribution in [3.05, 3.63) is 84.7 Å². The molecule has 5 rings (SSSR count). The lowest BCUT2D eigenvalue weighted by molar-refractivity contribution is -0.384. The number of fused-ring (bicyclic) bond motifs is 1. The van der Waals surface area contributed by atoms with E-state index in [1.165, 1.54) is 22.7 Å². The molecular formula is C21H14Cl2N4O3. The average molecular weight is 441 g/mol. The van der Waals surface area contributed by atoms with E-state index in [0.29, 0.717) is 32.9 Å². The molecule has 0 aliphatic heterocycles. The summed E-state index contributed by atoms with van der Waals surface area (Å²) in [5, 5.41) is 15.0. The van der Waals surface area contributed by atoms with Gasteiger partial charge in [-0.3, -0.25) is 20.0 Å². The second-order valence-corrected chi connectivity index (χ2v) is 8.06. The highest BCUT2D eigenvalue weighted by atomic mass is 35.5. The monoisotopic (exact) mass is 440 g/mol. The Kier molecular flexibility index (Phi) is 4.38. The van der Waals surface area contributed by atoms with Gasteiger partial charge in [0.1, 0.15) is 0 Å². The van der Waals surface area contributed by atoms with Crippen molar-refractivity contribution in [2.45, 2.75) is 18.8 Å². The van der Waals surface area contributed by atoms with E-state index in [9.17, 15) is 14.9 Å². The second kappa shape index (κ2) is 6.97. The molecule has 150 valence electrons. The highest BCUT2D eigenvalue weighted by Gasteiger charge is 2.31. The van der Waals surface area contributed by atoms with Crippen LogP contribution in [0.3, 0.4) is 0 Å². The largest absolute Gasteiger partial charge is 0.293 e. The first-order valence-electron chi connectivity index (χ1n) is 9.28. The smallest absolute Gasteiger partial charge is 0.273 e. The number of aromatic nitrogens is 3. The number of nitro groups is 1.